The molecule has 0 aromatic heterocycles. The van der Waals surface area contributed by atoms with Crippen LogP contribution in [0.1, 0.15) is 62.4 Å². The van der Waals surface area contributed by atoms with E-state index in [9.17, 15) is 9.90 Å². The van der Waals surface area contributed by atoms with Gasteiger partial charge in [-0.05, 0) is 49.0 Å². The Morgan fingerprint density at radius 2 is 1.93 bits per heavy atom. The Balaban J connectivity index is 1.91. The molecule has 5 nitrogen and oxygen atoms in total. The molecule has 0 saturated carbocycles. The highest BCUT2D eigenvalue weighted by Crippen LogP contribution is 2.40. The average Bonchev–Trinajstić information content (AvgIpc) is 2.59. The summed E-state index contributed by atoms with van der Waals surface area (Å²) in [4.78, 5) is 12.8. The van der Waals surface area contributed by atoms with Crippen molar-refractivity contribution in [2.24, 2.45) is 0 Å². The van der Waals surface area contributed by atoms with Gasteiger partial charge in [-0.3, -0.25) is 0 Å². The Labute approximate surface area is 181 Å². The maximum Gasteiger partial charge on any atom is 0.342 e. The molecule has 166 valence electrons. The molecule has 30 heavy (non-hydrogen) atoms. The zero-order chi connectivity index (χ0) is 22.1. The van der Waals surface area contributed by atoms with Crippen LogP contribution in [0.5, 0.6) is 5.75 Å². The maximum absolute atomic E-state index is 12.8. The minimum Gasteiger partial charge on any atom is -0.507 e. The van der Waals surface area contributed by atoms with E-state index < -0.39 is 14.3 Å². The van der Waals surface area contributed by atoms with Crippen molar-refractivity contribution in [3.05, 3.63) is 42.0 Å². The monoisotopic (exact) mass is 432 g/mol. The number of carbonyl (C=O) groups excluding carboxylic acids is 1. The molecule has 2 heterocycles. The normalized spacial score (nSPS) is 27.7. The van der Waals surface area contributed by atoms with Gasteiger partial charge in [0.05, 0.1) is 12.2 Å². The standard InChI is InChI=1S/C24H36O5Si/c1-7-9-17-13-19-15-20(29-30(5,6)24(2,3)4)14-18(27-19)12-16-10-8-11-21(25)22(16)23(26)28-17/h7-8,10-11,17-20,25H,1,9,12-15H2,2-6H3/t17-,18-,19+,20-/m0/s1. The van der Waals surface area contributed by atoms with Gasteiger partial charge in [0.15, 0.2) is 8.32 Å². The van der Waals surface area contributed by atoms with Crippen molar-refractivity contribution < 1.29 is 23.8 Å². The molecule has 0 unspecified atom stereocenters. The van der Waals surface area contributed by atoms with Crippen LogP contribution in [-0.2, 0) is 20.3 Å². The van der Waals surface area contributed by atoms with Crippen LogP contribution in [0.2, 0.25) is 18.1 Å². The highest BCUT2D eigenvalue weighted by atomic mass is 28.4. The minimum atomic E-state index is -1.91. The second kappa shape index (κ2) is 8.85. The summed E-state index contributed by atoms with van der Waals surface area (Å²) < 4.78 is 19.0. The van der Waals surface area contributed by atoms with Crippen molar-refractivity contribution in [1.29, 1.82) is 0 Å². The Bertz CT molecular complexity index is 782. The fourth-order valence-corrected chi connectivity index (χ4v) is 5.54. The van der Waals surface area contributed by atoms with Crippen LogP contribution in [0.15, 0.2) is 30.9 Å². The quantitative estimate of drug-likeness (QED) is 0.393. The summed E-state index contributed by atoms with van der Waals surface area (Å²) in [5.41, 5.74) is 1.01. The van der Waals surface area contributed by atoms with Crippen LogP contribution in [0, 0.1) is 0 Å². The number of rotatable bonds is 4. The van der Waals surface area contributed by atoms with E-state index in [1.807, 2.05) is 6.07 Å². The lowest BCUT2D eigenvalue weighted by Crippen LogP contribution is -2.48. The Morgan fingerprint density at radius 3 is 2.60 bits per heavy atom. The lowest BCUT2D eigenvalue weighted by Gasteiger charge is -2.44. The largest absolute Gasteiger partial charge is 0.507 e. The van der Waals surface area contributed by atoms with Crippen LogP contribution >= 0.6 is 0 Å². The molecule has 4 atom stereocenters. The molecule has 2 bridgehead atoms. The Kier molecular flexibility index (Phi) is 6.80. The zero-order valence-electron chi connectivity index (χ0n) is 18.9. The fourth-order valence-electron chi connectivity index (χ4n) is 4.16. The number of phenols is 1. The number of aromatic hydroxyl groups is 1. The van der Waals surface area contributed by atoms with Crippen LogP contribution in [0.3, 0.4) is 0 Å². The lowest BCUT2D eigenvalue weighted by molar-refractivity contribution is -0.106. The van der Waals surface area contributed by atoms with Crippen molar-refractivity contribution in [2.75, 3.05) is 0 Å². The average molecular weight is 433 g/mol. The molecule has 2 aliphatic heterocycles. The van der Waals surface area contributed by atoms with E-state index in [1.165, 1.54) is 6.07 Å². The van der Waals surface area contributed by atoms with Crippen molar-refractivity contribution in [2.45, 2.75) is 95.4 Å². The van der Waals surface area contributed by atoms with Gasteiger partial charge in [0.2, 0.25) is 0 Å². The first-order valence-electron chi connectivity index (χ1n) is 11.0. The molecule has 0 amide bonds. The van der Waals surface area contributed by atoms with E-state index in [0.29, 0.717) is 19.3 Å². The predicted molar refractivity (Wildman–Crippen MR) is 120 cm³/mol. The van der Waals surface area contributed by atoms with Gasteiger partial charge in [-0.2, -0.15) is 0 Å². The van der Waals surface area contributed by atoms with E-state index in [-0.39, 0.29) is 40.8 Å². The molecule has 1 aromatic carbocycles. The number of carbonyl (C=O) groups is 1. The molecule has 1 saturated heterocycles. The van der Waals surface area contributed by atoms with E-state index >= 15 is 0 Å². The number of ether oxygens (including phenoxy) is 2. The SMILES string of the molecule is C=CC[C@H]1C[C@@H]2C[C@@H](O[Si](C)(C)C(C)(C)C)C[C@H](Cc3cccc(O)c3C(=O)O1)O2. The number of benzene rings is 1. The molecule has 0 spiro atoms. The highest BCUT2D eigenvalue weighted by molar-refractivity contribution is 6.74. The molecule has 0 radical (unpaired) electrons. The van der Waals surface area contributed by atoms with E-state index in [0.717, 1.165) is 18.4 Å². The first-order valence-corrected chi connectivity index (χ1v) is 13.9. The minimum absolute atomic E-state index is 0.0323. The molecule has 1 fully saturated rings. The second-order valence-corrected chi connectivity index (χ2v) is 14.9. The lowest BCUT2D eigenvalue weighted by atomic mass is 9.91. The van der Waals surface area contributed by atoms with Gasteiger partial charge in [0.25, 0.3) is 0 Å². The number of cyclic esters (lactones) is 1. The third kappa shape index (κ3) is 5.16. The zero-order valence-corrected chi connectivity index (χ0v) is 19.9. The summed E-state index contributed by atoms with van der Waals surface area (Å²) in [6.07, 6.45) is 4.76. The Morgan fingerprint density at radius 1 is 1.23 bits per heavy atom. The predicted octanol–water partition coefficient (Wildman–Crippen LogP) is 5.38. The summed E-state index contributed by atoms with van der Waals surface area (Å²) in [6, 6.07) is 5.16. The van der Waals surface area contributed by atoms with Gasteiger partial charge < -0.3 is 19.0 Å². The molecule has 3 rings (SSSR count). The summed E-state index contributed by atoms with van der Waals surface area (Å²) >= 11 is 0. The number of hydrogen-bond acceptors (Lipinski definition) is 5. The highest BCUT2D eigenvalue weighted by Gasteiger charge is 2.42. The molecule has 1 aromatic rings. The number of fused-ring (bicyclic) bond motifs is 3. The topological polar surface area (TPSA) is 65.0 Å². The van der Waals surface area contributed by atoms with Gasteiger partial charge >= 0.3 is 5.97 Å². The van der Waals surface area contributed by atoms with Crippen molar-refractivity contribution in [1.82, 2.24) is 0 Å². The van der Waals surface area contributed by atoms with Crippen LogP contribution in [-0.4, -0.2) is 43.8 Å². The van der Waals surface area contributed by atoms with Gasteiger partial charge in [-0.15, -0.1) is 6.58 Å². The third-order valence-corrected chi connectivity index (χ3v) is 11.2. The summed E-state index contributed by atoms with van der Waals surface area (Å²) in [5.74, 6) is -0.513. The molecule has 2 aliphatic rings. The van der Waals surface area contributed by atoms with Crippen LogP contribution in [0.25, 0.3) is 0 Å². The van der Waals surface area contributed by atoms with Gasteiger partial charge in [-0.1, -0.05) is 39.0 Å². The summed E-state index contributed by atoms with van der Waals surface area (Å²) in [7, 11) is -1.91. The van der Waals surface area contributed by atoms with Gasteiger partial charge in [0, 0.05) is 18.9 Å². The van der Waals surface area contributed by atoms with Crippen LogP contribution < -0.4 is 0 Å². The van der Waals surface area contributed by atoms with Crippen molar-refractivity contribution in [3.63, 3.8) is 0 Å². The first-order chi connectivity index (χ1) is 14.0. The molecule has 0 aliphatic carbocycles. The molecule has 6 heteroatoms. The number of hydrogen-bond donors (Lipinski definition) is 1. The molecule has 1 N–H and O–H groups in total. The van der Waals surface area contributed by atoms with E-state index in [2.05, 4.69) is 40.4 Å². The third-order valence-electron chi connectivity index (χ3n) is 6.71. The maximum atomic E-state index is 12.8. The second-order valence-electron chi connectivity index (χ2n) is 10.2. The van der Waals surface area contributed by atoms with Crippen LogP contribution in [0.4, 0.5) is 0 Å². The molecular weight excluding hydrogens is 396 g/mol. The van der Waals surface area contributed by atoms with Gasteiger partial charge in [-0.25, -0.2) is 4.79 Å². The van der Waals surface area contributed by atoms with E-state index in [1.54, 1.807) is 12.1 Å². The van der Waals surface area contributed by atoms with Crippen molar-refractivity contribution >= 4 is 14.3 Å². The fraction of sp³-hybridized carbons (Fsp3) is 0.625. The number of phenolic OH excluding ortho intramolecular Hbond substituents is 1. The van der Waals surface area contributed by atoms with Gasteiger partial charge in [0.1, 0.15) is 17.4 Å². The number of esters is 1. The smallest absolute Gasteiger partial charge is 0.342 e. The van der Waals surface area contributed by atoms with E-state index in [4.69, 9.17) is 13.9 Å². The molecular formula is C24H36O5Si. The van der Waals surface area contributed by atoms with Crippen molar-refractivity contribution in [3.8, 4) is 5.75 Å². The summed E-state index contributed by atoms with van der Waals surface area (Å²) in [6.45, 7) is 15.1. The summed E-state index contributed by atoms with van der Waals surface area (Å²) in [5, 5.41) is 10.5. The Hall–Kier alpha value is -1.63. The first kappa shape index (κ1) is 23.0.